The van der Waals surface area contributed by atoms with Gasteiger partial charge in [-0.3, -0.25) is 0 Å². The lowest BCUT2D eigenvalue weighted by Gasteiger charge is -2.09. The molecule has 0 atom stereocenters. The molecule has 5 heteroatoms. The van der Waals surface area contributed by atoms with Gasteiger partial charge in [-0.15, -0.1) is 0 Å². The molecule has 0 heterocycles. The second kappa shape index (κ2) is 5.43. The molecule has 0 saturated heterocycles. The molecule has 16 heavy (non-hydrogen) atoms. The van der Waals surface area contributed by atoms with Crippen molar-refractivity contribution in [2.24, 2.45) is 0 Å². The Hall–Kier alpha value is -0.910. The van der Waals surface area contributed by atoms with Gasteiger partial charge >= 0.3 is 0 Å². The zero-order valence-corrected chi connectivity index (χ0v) is 10.7. The molecule has 0 fully saturated rings. The second-order valence-electron chi connectivity index (χ2n) is 3.62. The van der Waals surface area contributed by atoms with Gasteiger partial charge in [-0.2, -0.15) is 0 Å². The molecule has 0 spiro atoms. The minimum Gasteiger partial charge on any atom is -0.316 e. The van der Waals surface area contributed by atoms with E-state index in [0.717, 1.165) is 11.1 Å². The number of sulfonamides is 1. The predicted octanol–water partition coefficient (Wildman–Crippen LogP) is 1.01. The van der Waals surface area contributed by atoms with Crippen LogP contribution in [0.15, 0.2) is 23.1 Å². The highest BCUT2D eigenvalue weighted by Gasteiger charge is 2.13. The van der Waals surface area contributed by atoms with Gasteiger partial charge in [-0.05, 0) is 37.2 Å². The van der Waals surface area contributed by atoms with Crippen LogP contribution in [0.3, 0.4) is 0 Å². The van der Waals surface area contributed by atoms with Crippen LogP contribution in [0.25, 0.3) is 0 Å². The molecule has 0 aliphatic rings. The first-order valence-corrected chi connectivity index (χ1v) is 6.73. The first-order valence-electron chi connectivity index (χ1n) is 5.25. The zero-order valence-electron chi connectivity index (χ0n) is 9.87. The molecule has 1 rings (SSSR count). The molecule has 2 N–H and O–H groups in total. The Morgan fingerprint density at radius 2 is 2.00 bits per heavy atom. The van der Waals surface area contributed by atoms with Gasteiger partial charge in [0.25, 0.3) is 0 Å². The van der Waals surface area contributed by atoms with Gasteiger partial charge in [0.2, 0.25) is 10.0 Å². The van der Waals surface area contributed by atoms with Crippen molar-refractivity contribution in [3.8, 4) is 0 Å². The van der Waals surface area contributed by atoms with Crippen LogP contribution in [0, 0.1) is 6.92 Å². The van der Waals surface area contributed by atoms with Crippen molar-refractivity contribution < 1.29 is 8.42 Å². The molecule has 0 aromatic heterocycles. The van der Waals surface area contributed by atoms with E-state index in [0.29, 0.717) is 18.0 Å². The van der Waals surface area contributed by atoms with Crippen molar-refractivity contribution in [3.63, 3.8) is 0 Å². The maximum absolute atomic E-state index is 11.8. The minimum atomic E-state index is -3.35. The van der Waals surface area contributed by atoms with E-state index in [4.69, 9.17) is 0 Å². The Balaban J connectivity index is 3.12. The van der Waals surface area contributed by atoms with E-state index in [9.17, 15) is 8.42 Å². The highest BCUT2D eigenvalue weighted by Crippen LogP contribution is 2.15. The predicted molar refractivity (Wildman–Crippen MR) is 64.8 cm³/mol. The van der Waals surface area contributed by atoms with Crippen LogP contribution in [-0.2, 0) is 16.6 Å². The Labute approximate surface area is 97.1 Å². The summed E-state index contributed by atoms with van der Waals surface area (Å²) >= 11 is 0. The summed E-state index contributed by atoms with van der Waals surface area (Å²) in [4.78, 5) is 0.324. The quantitative estimate of drug-likeness (QED) is 0.810. The summed E-state index contributed by atoms with van der Waals surface area (Å²) < 4.78 is 26.0. The van der Waals surface area contributed by atoms with Crippen molar-refractivity contribution in [3.05, 3.63) is 29.3 Å². The fraction of sp³-hybridized carbons (Fsp3) is 0.455. The van der Waals surface area contributed by atoms with E-state index < -0.39 is 10.0 Å². The molecule has 0 amide bonds. The Bertz CT molecular complexity index is 455. The number of aryl methyl sites for hydroxylation is 1. The largest absolute Gasteiger partial charge is 0.316 e. The molecule has 0 radical (unpaired) electrons. The lowest BCUT2D eigenvalue weighted by atomic mass is 10.1. The van der Waals surface area contributed by atoms with Gasteiger partial charge in [0.15, 0.2) is 0 Å². The third kappa shape index (κ3) is 3.04. The lowest BCUT2D eigenvalue weighted by molar-refractivity contribution is 0.583. The van der Waals surface area contributed by atoms with Crippen LogP contribution in [-0.4, -0.2) is 22.0 Å². The molecular formula is C11H18N2O2S. The SMILES string of the molecule is CCNS(=O)(=O)c1ccc(C)c(CNC)c1. The summed E-state index contributed by atoms with van der Waals surface area (Å²) in [6.07, 6.45) is 0. The van der Waals surface area contributed by atoms with Crippen molar-refractivity contribution in [2.45, 2.75) is 25.3 Å². The summed E-state index contributed by atoms with van der Waals surface area (Å²) in [6.45, 7) is 4.80. The van der Waals surface area contributed by atoms with Crippen molar-refractivity contribution >= 4 is 10.0 Å². The molecule has 1 aromatic carbocycles. The maximum atomic E-state index is 11.8. The third-order valence-electron chi connectivity index (χ3n) is 2.33. The Kier molecular flexibility index (Phi) is 4.46. The van der Waals surface area contributed by atoms with Crippen LogP contribution >= 0.6 is 0 Å². The molecule has 1 aromatic rings. The highest BCUT2D eigenvalue weighted by molar-refractivity contribution is 7.89. The molecule has 4 nitrogen and oxygen atoms in total. The molecule has 0 bridgehead atoms. The topological polar surface area (TPSA) is 58.2 Å². The Morgan fingerprint density at radius 1 is 1.31 bits per heavy atom. The van der Waals surface area contributed by atoms with Gasteiger partial charge in [-0.25, -0.2) is 13.1 Å². The van der Waals surface area contributed by atoms with E-state index in [1.54, 1.807) is 19.1 Å². The van der Waals surface area contributed by atoms with E-state index in [1.165, 1.54) is 0 Å². The lowest BCUT2D eigenvalue weighted by Crippen LogP contribution is -2.23. The number of hydrogen-bond donors (Lipinski definition) is 2. The third-order valence-corrected chi connectivity index (χ3v) is 3.88. The standard InChI is InChI=1S/C11H18N2O2S/c1-4-13-16(14,15)11-6-5-9(2)10(7-11)8-12-3/h5-7,12-13H,4,8H2,1-3H3. The van der Waals surface area contributed by atoms with Crippen LogP contribution < -0.4 is 10.0 Å². The smallest absolute Gasteiger partial charge is 0.240 e. The summed E-state index contributed by atoms with van der Waals surface area (Å²) in [5.74, 6) is 0. The van der Waals surface area contributed by atoms with Crippen molar-refractivity contribution in [1.82, 2.24) is 10.0 Å². The van der Waals surface area contributed by atoms with Gasteiger partial charge in [0.1, 0.15) is 0 Å². The van der Waals surface area contributed by atoms with Gasteiger partial charge in [0.05, 0.1) is 4.90 Å². The van der Waals surface area contributed by atoms with Crippen LogP contribution in [0.1, 0.15) is 18.1 Å². The average Bonchev–Trinajstić information content (AvgIpc) is 2.21. The summed E-state index contributed by atoms with van der Waals surface area (Å²) in [6, 6.07) is 5.17. The first kappa shape index (κ1) is 13.2. The highest BCUT2D eigenvalue weighted by atomic mass is 32.2. The fourth-order valence-corrected chi connectivity index (χ4v) is 2.56. The number of benzene rings is 1. The maximum Gasteiger partial charge on any atom is 0.240 e. The van der Waals surface area contributed by atoms with E-state index >= 15 is 0 Å². The van der Waals surface area contributed by atoms with Gasteiger partial charge < -0.3 is 5.32 Å². The zero-order chi connectivity index (χ0) is 12.2. The number of nitrogens with one attached hydrogen (secondary N) is 2. The van der Waals surface area contributed by atoms with E-state index in [2.05, 4.69) is 10.0 Å². The molecule has 0 saturated carbocycles. The van der Waals surface area contributed by atoms with E-state index in [1.807, 2.05) is 20.0 Å². The van der Waals surface area contributed by atoms with Crippen molar-refractivity contribution in [1.29, 1.82) is 0 Å². The molecule has 0 unspecified atom stereocenters. The van der Waals surface area contributed by atoms with E-state index in [-0.39, 0.29) is 0 Å². The molecule has 0 aliphatic heterocycles. The van der Waals surface area contributed by atoms with Gasteiger partial charge in [-0.1, -0.05) is 13.0 Å². The monoisotopic (exact) mass is 242 g/mol. The molecule has 0 aliphatic carbocycles. The second-order valence-corrected chi connectivity index (χ2v) is 5.39. The van der Waals surface area contributed by atoms with Gasteiger partial charge in [0, 0.05) is 13.1 Å². The van der Waals surface area contributed by atoms with Crippen molar-refractivity contribution in [2.75, 3.05) is 13.6 Å². The first-order chi connectivity index (χ1) is 7.51. The summed E-state index contributed by atoms with van der Waals surface area (Å²) in [5.41, 5.74) is 2.09. The minimum absolute atomic E-state index is 0.324. The molecule has 90 valence electrons. The normalized spacial score (nSPS) is 11.7. The number of rotatable bonds is 5. The van der Waals surface area contributed by atoms with Crippen LogP contribution in [0.4, 0.5) is 0 Å². The summed E-state index contributed by atoms with van der Waals surface area (Å²) in [5, 5.41) is 3.02. The average molecular weight is 242 g/mol. The van der Waals surface area contributed by atoms with Crippen LogP contribution in [0.2, 0.25) is 0 Å². The number of hydrogen-bond acceptors (Lipinski definition) is 3. The molecular weight excluding hydrogens is 224 g/mol. The summed E-state index contributed by atoms with van der Waals surface area (Å²) in [7, 11) is -1.51. The fourth-order valence-electron chi connectivity index (χ4n) is 1.47. The van der Waals surface area contributed by atoms with Crippen LogP contribution in [0.5, 0.6) is 0 Å². The Morgan fingerprint density at radius 3 is 2.56 bits per heavy atom.